The second-order valence-corrected chi connectivity index (χ2v) is 2.50. The number of phenols is 1. The minimum atomic E-state index is -2.73. The van der Waals surface area contributed by atoms with Crippen LogP contribution in [0.4, 0.5) is 8.78 Å². The van der Waals surface area contributed by atoms with Gasteiger partial charge in [-0.25, -0.2) is 4.98 Å². The predicted molar refractivity (Wildman–Crippen MR) is 40.6 cm³/mol. The van der Waals surface area contributed by atoms with Crippen LogP contribution in [0.1, 0.15) is 12.3 Å². The minimum Gasteiger partial charge on any atom is -0.508 e. The number of hydrogen-bond acceptors (Lipinski definition) is 3. The number of fused-ring (bicyclic) bond motifs is 1. The molecule has 68 valence electrons. The second-order valence-electron chi connectivity index (χ2n) is 2.50. The van der Waals surface area contributed by atoms with E-state index in [9.17, 15) is 8.78 Å². The molecule has 13 heavy (non-hydrogen) atoms. The molecule has 3 nitrogen and oxygen atoms in total. The molecular weight excluding hydrogens is 180 g/mol. The van der Waals surface area contributed by atoms with Crippen LogP contribution in [0.25, 0.3) is 11.1 Å². The summed E-state index contributed by atoms with van der Waals surface area (Å²) in [5.41, 5.74) is 0.475. The van der Waals surface area contributed by atoms with Crippen LogP contribution in [-0.4, -0.2) is 10.1 Å². The first-order chi connectivity index (χ1) is 6.16. The van der Waals surface area contributed by atoms with Gasteiger partial charge in [-0.15, -0.1) is 0 Å². The number of hydrogen-bond donors (Lipinski definition) is 1. The van der Waals surface area contributed by atoms with Gasteiger partial charge in [0.25, 0.3) is 5.89 Å². The number of phenolic OH excluding ortho intramolecular Hbond substituents is 1. The molecule has 2 aromatic rings. The first-order valence-corrected chi connectivity index (χ1v) is 3.54. The van der Waals surface area contributed by atoms with Crippen molar-refractivity contribution in [2.24, 2.45) is 0 Å². The van der Waals surface area contributed by atoms with Crippen molar-refractivity contribution in [2.45, 2.75) is 6.43 Å². The van der Waals surface area contributed by atoms with E-state index in [1.165, 1.54) is 18.2 Å². The molecule has 2 rings (SSSR count). The molecule has 1 aromatic heterocycles. The summed E-state index contributed by atoms with van der Waals surface area (Å²) in [4.78, 5) is 3.50. The van der Waals surface area contributed by atoms with Gasteiger partial charge in [0, 0.05) is 6.07 Å². The molecule has 0 amide bonds. The van der Waals surface area contributed by atoms with E-state index < -0.39 is 12.3 Å². The van der Waals surface area contributed by atoms with Crippen LogP contribution in [0.2, 0.25) is 0 Å². The molecule has 0 saturated carbocycles. The molecule has 0 aliphatic rings. The smallest absolute Gasteiger partial charge is 0.313 e. The number of aromatic hydroxyl groups is 1. The third kappa shape index (κ3) is 1.32. The van der Waals surface area contributed by atoms with Gasteiger partial charge in [-0.2, -0.15) is 8.78 Å². The lowest BCUT2D eigenvalue weighted by molar-refractivity contribution is 0.117. The number of benzene rings is 1. The summed E-state index contributed by atoms with van der Waals surface area (Å²) in [5, 5.41) is 9.01. The molecule has 0 aliphatic carbocycles. The molecule has 0 spiro atoms. The topological polar surface area (TPSA) is 46.3 Å². The predicted octanol–water partition coefficient (Wildman–Crippen LogP) is 2.47. The molecule has 0 aliphatic heterocycles. The molecule has 0 atom stereocenters. The van der Waals surface area contributed by atoms with Gasteiger partial charge in [-0.3, -0.25) is 0 Å². The van der Waals surface area contributed by atoms with E-state index in [1.54, 1.807) is 0 Å². The van der Waals surface area contributed by atoms with E-state index >= 15 is 0 Å². The molecule has 1 N–H and O–H groups in total. The Kier molecular flexibility index (Phi) is 1.65. The number of nitrogens with zero attached hydrogens (tertiary/aromatic N) is 1. The lowest BCUT2D eigenvalue weighted by Gasteiger charge is -1.87. The third-order valence-electron chi connectivity index (χ3n) is 1.57. The molecule has 0 radical (unpaired) electrons. The number of aromatic nitrogens is 1. The van der Waals surface area contributed by atoms with Crippen molar-refractivity contribution >= 4 is 11.1 Å². The summed E-state index contributed by atoms with van der Waals surface area (Å²) >= 11 is 0. The maximum absolute atomic E-state index is 12.1. The van der Waals surface area contributed by atoms with Crippen molar-refractivity contribution in [2.75, 3.05) is 0 Å². The van der Waals surface area contributed by atoms with Crippen molar-refractivity contribution in [3.05, 3.63) is 24.1 Å². The second kappa shape index (κ2) is 2.69. The quantitative estimate of drug-likeness (QED) is 0.742. The number of halogens is 2. The normalized spacial score (nSPS) is 11.3. The van der Waals surface area contributed by atoms with Gasteiger partial charge in [-0.05, 0) is 12.1 Å². The zero-order chi connectivity index (χ0) is 9.42. The summed E-state index contributed by atoms with van der Waals surface area (Å²) in [6, 6.07) is 4.01. The average Bonchev–Trinajstić information content (AvgIpc) is 2.46. The molecule has 0 bridgehead atoms. The van der Waals surface area contributed by atoms with E-state index in [-0.39, 0.29) is 16.8 Å². The molecule has 1 heterocycles. The van der Waals surface area contributed by atoms with Crippen molar-refractivity contribution < 1.29 is 18.3 Å². The Balaban J connectivity index is 2.62. The highest BCUT2D eigenvalue weighted by Crippen LogP contribution is 2.25. The lowest BCUT2D eigenvalue weighted by atomic mass is 10.3. The Labute approximate surface area is 71.6 Å². The number of rotatable bonds is 1. The Bertz CT molecular complexity index is 439. The SMILES string of the molecule is Oc1ccc2oc(C(F)F)nc2c1. The van der Waals surface area contributed by atoms with Gasteiger partial charge in [0.15, 0.2) is 5.58 Å². The highest BCUT2D eigenvalue weighted by Gasteiger charge is 2.15. The fourth-order valence-electron chi connectivity index (χ4n) is 1.03. The van der Waals surface area contributed by atoms with Gasteiger partial charge < -0.3 is 9.52 Å². The van der Waals surface area contributed by atoms with Crippen molar-refractivity contribution in [3.63, 3.8) is 0 Å². The highest BCUT2D eigenvalue weighted by molar-refractivity contribution is 5.74. The van der Waals surface area contributed by atoms with Crippen molar-refractivity contribution in [1.82, 2.24) is 4.98 Å². The van der Waals surface area contributed by atoms with E-state index in [0.717, 1.165) is 0 Å². The molecular formula is C8H5F2NO2. The van der Waals surface area contributed by atoms with Gasteiger partial charge in [0.2, 0.25) is 0 Å². The first-order valence-electron chi connectivity index (χ1n) is 3.54. The van der Waals surface area contributed by atoms with Crippen LogP contribution in [0, 0.1) is 0 Å². The van der Waals surface area contributed by atoms with Gasteiger partial charge in [0.05, 0.1) is 0 Å². The Morgan fingerprint density at radius 3 is 2.85 bits per heavy atom. The Morgan fingerprint density at radius 1 is 1.38 bits per heavy atom. The van der Waals surface area contributed by atoms with Crippen LogP contribution in [0.5, 0.6) is 5.75 Å². The number of oxazole rings is 1. The maximum Gasteiger partial charge on any atom is 0.313 e. The fourth-order valence-corrected chi connectivity index (χ4v) is 1.03. The summed E-state index contributed by atoms with van der Waals surface area (Å²) in [6.07, 6.45) is -2.73. The van der Waals surface area contributed by atoms with Gasteiger partial charge >= 0.3 is 6.43 Å². The van der Waals surface area contributed by atoms with Crippen molar-refractivity contribution in [3.8, 4) is 5.75 Å². The van der Waals surface area contributed by atoms with Gasteiger partial charge in [0.1, 0.15) is 11.3 Å². The Morgan fingerprint density at radius 2 is 2.15 bits per heavy atom. The van der Waals surface area contributed by atoms with E-state index in [0.29, 0.717) is 0 Å². The van der Waals surface area contributed by atoms with Crippen LogP contribution in [0.15, 0.2) is 22.6 Å². The molecule has 1 aromatic carbocycles. The molecule has 0 unspecified atom stereocenters. The highest BCUT2D eigenvalue weighted by atomic mass is 19.3. The third-order valence-corrected chi connectivity index (χ3v) is 1.57. The summed E-state index contributed by atoms with van der Waals surface area (Å²) in [5.74, 6) is -0.651. The summed E-state index contributed by atoms with van der Waals surface area (Å²) < 4.78 is 28.9. The average molecular weight is 185 g/mol. The largest absolute Gasteiger partial charge is 0.508 e. The molecule has 5 heteroatoms. The van der Waals surface area contributed by atoms with Crippen LogP contribution >= 0.6 is 0 Å². The van der Waals surface area contributed by atoms with Crippen molar-refractivity contribution in [1.29, 1.82) is 0 Å². The lowest BCUT2D eigenvalue weighted by Crippen LogP contribution is -1.80. The van der Waals surface area contributed by atoms with Crippen LogP contribution in [0.3, 0.4) is 0 Å². The van der Waals surface area contributed by atoms with E-state index in [2.05, 4.69) is 4.98 Å². The Hall–Kier alpha value is -1.65. The van der Waals surface area contributed by atoms with Crippen LogP contribution in [-0.2, 0) is 0 Å². The summed E-state index contributed by atoms with van der Waals surface area (Å²) in [6.45, 7) is 0. The standard InChI is InChI=1S/C8H5F2NO2/c9-7(10)8-11-5-3-4(12)1-2-6(5)13-8/h1-3,7,12H. The number of alkyl halides is 2. The van der Waals surface area contributed by atoms with Gasteiger partial charge in [-0.1, -0.05) is 0 Å². The zero-order valence-electron chi connectivity index (χ0n) is 6.37. The van der Waals surface area contributed by atoms with E-state index in [1.807, 2.05) is 0 Å². The van der Waals surface area contributed by atoms with E-state index in [4.69, 9.17) is 9.52 Å². The molecule has 0 fully saturated rings. The maximum atomic E-state index is 12.1. The fraction of sp³-hybridized carbons (Fsp3) is 0.125. The minimum absolute atomic E-state index is 0.0263. The zero-order valence-corrected chi connectivity index (χ0v) is 6.37. The molecule has 0 saturated heterocycles. The summed E-state index contributed by atoms with van der Waals surface area (Å²) in [7, 11) is 0. The monoisotopic (exact) mass is 185 g/mol. The van der Waals surface area contributed by atoms with Crippen LogP contribution < -0.4 is 0 Å². The first kappa shape index (κ1) is 7.97.